The van der Waals surface area contributed by atoms with Crippen LogP contribution in [0.4, 0.5) is 14.9 Å². The van der Waals surface area contributed by atoms with Crippen LogP contribution in [-0.2, 0) is 11.3 Å². The number of urea groups is 1. The summed E-state index contributed by atoms with van der Waals surface area (Å²) in [5.41, 5.74) is -0.274. The number of nitrogens with one attached hydrogen (secondary N) is 1. The van der Waals surface area contributed by atoms with Gasteiger partial charge in [-0.3, -0.25) is 4.79 Å². The number of amides is 2. The standard InChI is InChI=1S/C20H19FN6O4/c1-31-16-7-3-6-15(9-16)22-19(30)26-10-20(11-26,18(28)29)12-27-24-17(23-25-27)13-4-2-5-14(21)8-13/h2-9H,10-12H2,1H3,(H,22,30)(H,28,29). The highest BCUT2D eigenvalue weighted by atomic mass is 19.1. The van der Waals surface area contributed by atoms with E-state index in [0.29, 0.717) is 17.0 Å². The van der Waals surface area contributed by atoms with Gasteiger partial charge in [0.05, 0.1) is 13.7 Å². The van der Waals surface area contributed by atoms with E-state index in [1.54, 1.807) is 30.3 Å². The van der Waals surface area contributed by atoms with Crippen molar-refractivity contribution >= 4 is 17.7 Å². The van der Waals surface area contributed by atoms with Gasteiger partial charge < -0.3 is 20.1 Å². The number of halogens is 1. The number of aliphatic carboxylic acids is 1. The van der Waals surface area contributed by atoms with Gasteiger partial charge in [-0.05, 0) is 29.5 Å². The molecular weight excluding hydrogens is 407 g/mol. The molecule has 2 N–H and O–H groups in total. The van der Waals surface area contributed by atoms with E-state index in [2.05, 4.69) is 20.7 Å². The highest BCUT2D eigenvalue weighted by molar-refractivity contribution is 5.92. The molecule has 11 heteroatoms. The predicted octanol–water partition coefficient (Wildman–Crippen LogP) is 2.11. The molecule has 1 aliphatic heterocycles. The zero-order chi connectivity index (χ0) is 22.0. The fourth-order valence-corrected chi connectivity index (χ4v) is 3.36. The lowest BCUT2D eigenvalue weighted by Gasteiger charge is -2.46. The molecule has 0 saturated carbocycles. The molecule has 1 aliphatic rings. The number of nitrogens with zero attached hydrogens (tertiary/aromatic N) is 5. The first-order valence-corrected chi connectivity index (χ1v) is 9.36. The Morgan fingerprint density at radius 2 is 2.00 bits per heavy atom. The van der Waals surface area contributed by atoms with Crippen molar-refractivity contribution in [3.05, 3.63) is 54.3 Å². The number of methoxy groups -OCH3 is 1. The Bertz CT molecular complexity index is 1130. The van der Waals surface area contributed by atoms with Gasteiger partial charge in [0.1, 0.15) is 17.0 Å². The molecule has 1 aromatic heterocycles. The first-order valence-electron chi connectivity index (χ1n) is 9.36. The number of carbonyl (C=O) groups excluding carboxylic acids is 1. The average molecular weight is 426 g/mol. The van der Waals surface area contributed by atoms with Crippen LogP contribution in [-0.4, -0.2) is 62.4 Å². The number of likely N-dealkylation sites (tertiary alicyclic amines) is 1. The minimum atomic E-state index is -1.24. The third-order valence-corrected chi connectivity index (χ3v) is 5.03. The first kappa shape index (κ1) is 20.3. The molecular formula is C20H19FN6O4. The van der Waals surface area contributed by atoms with Crippen LogP contribution >= 0.6 is 0 Å². The molecule has 4 rings (SSSR count). The SMILES string of the molecule is COc1cccc(NC(=O)N2CC(Cn3nnc(-c4cccc(F)c4)n3)(C(=O)O)C2)c1. The molecule has 0 atom stereocenters. The van der Waals surface area contributed by atoms with Crippen LogP contribution in [0.1, 0.15) is 0 Å². The second-order valence-electron chi connectivity index (χ2n) is 7.26. The number of ether oxygens (including phenoxy) is 1. The number of hydrogen-bond donors (Lipinski definition) is 2. The van der Waals surface area contributed by atoms with Crippen LogP contribution in [0, 0.1) is 11.2 Å². The van der Waals surface area contributed by atoms with Crippen molar-refractivity contribution in [2.75, 3.05) is 25.5 Å². The van der Waals surface area contributed by atoms with Crippen LogP contribution in [0.2, 0.25) is 0 Å². The first-order chi connectivity index (χ1) is 14.9. The molecule has 0 radical (unpaired) electrons. The van der Waals surface area contributed by atoms with E-state index in [1.807, 2.05) is 0 Å². The number of carboxylic acid groups (broad SMARTS) is 1. The summed E-state index contributed by atoms with van der Waals surface area (Å²) in [6, 6.07) is 12.1. The molecule has 1 saturated heterocycles. The molecule has 0 bridgehead atoms. The summed E-state index contributed by atoms with van der Waals surface area (Å²) < 4.78 is 18.5. The normalized spacial score (nSPS) is 14.6. The molecule has 31 heavy (non-hydrogen) atoms. The third kappa shape index (κ3) is 4.15. The molecule has 10 nitrogen and oxygen atoms in total. The highest BCUT2D eigenvalue weighted by Gasteiger charge is 2.52. The number of hydrogen-bond acceptors (Lipinski definition) is 6. The number of anilines is 1. The lowest BCUT2D eigenvalue weighted by atomic mass is 9.80. The maximum atomic E-state index is 13.4. The van der Waals surface area contributed by atoms with Gasteiger partial charge in [-0.1, -0.05) is 18.2 Å². The largest absolute Gasteiger partial charge is 0.497 e. The Hall–Kier alpha value is -4.02. The Kier molecular flexibility index (Phi) is 5.24. The minimum absolute atomic E-state index is 0.0189. The number of carbonyl (C=O) groups is 2. The fourth-order valence-electron chi connectivity index (χ4n) is 3.36. The Labute approximate surface area is 176 Å². The minimum Gasteiger partial charge on any atom is -0.497 e. The monoisotopic (exact) mass is 426 g/mol. The lowest BCUT2D eigenvalue weighted by molar-refractivity contribution is -0.159. The van der Waals surface area contributed by atoms with Crippen LogP contribution in [0.3, 0.4) is 0 Å². The fraction of sp³-hybridized carbons (Fsp3) is 0.250. The number of carboxylic acids is 1. The maximum absolute atomic E-state index is 13.4. The van der Waals surface area contributed by atoms with Gasteiger partial charge in [0.25, 0.3) is 0 Å². The second-order valence-corrected chi connectivity index (χ2v) is 7.26. The van der Waals surface area contributed by atoms with Gasteiger partial charge in [-0.25, -0.2) is 9.18 Å². The molecule has 0 aliphatic carbocycles. The van der Waals surface area contributed by atoms with E-state index in [1.165, 1.54) is 30.2 Å². The van der Waals surface area contributed by atoms with Crippen LogP contribution in [0.25, 0.3) is 11.4 Å². The molecule has 2 aromatic carbocycles. The molecule has 2 heterocycles. The van der Waals surface area contributed by atoms with Crippen molar-refractivity contribution in [3.63, 3.8) is 0 Å². The molecule has 3 aromatic rings. The average Bonchev–Trinajstić information content (AvgIpc) is 3.18. The van der Waals surface area contributed by atoms with Crippen molar-refractivity contribution in [1.82, 2.24) is 25.1 Å². The summed E-state index contributed by atoms with van der Waals surface area (Å²) >= 11 is 0. The highest BCUT2D eigenvalue weighted by Crippen LogP contribution is 2.33. The quantitative estimate of drug-likeness (QED) is 0.619. The zero-order valence-corrected chi connectivity index (χ0v) is 16.5. The number of tetrazole rings is 1. The van der Waals surface area contributed by atoms with Gasteiger partial charge >= 0.3 is 12.0 Å². The summed E-state index contributed by atoms with van der Waals surface area (Å²) in [6.45, 7) is -0.114. The molecule has 0 unspecified atom stereocenters. The van der Waals surface area contributed by atoms with Crippen LogP contribution in [0.5, 0.6) is 5.75 Å². The smallest absolute Gasteiger partial charge is 0.321 e. The number of aromatic nitrogens is 4. The second kappa shape index (κ2) is 8.01. The van der Waals surface area contributed by atoms with Gasteiger partial charge in [0.2, 0.25) is 5.82 Å². The van der Waals surface area contributed by atoms with Gasteiger partial charge in [0, 0.05) is 30.4 Å². The van der Waals surface area contributed by atoms with Crippen molar-refractivity contribution in [2.24, 2.45) is 5.41 Å². The van der Waals surface area contributed by atoms with E-state index in [9.17, 15) is 19.1 Å². The summed E-state index contributed by atoms with van der Waals surface area (Å²) in [7, 11) is 1.52. The molecule has 2 amide bonds. The van der Waals surface area contributed by atoms with E-state index in [0.717, 1.165) is 4.80 Å². The summed E-state index contributed by atoms with van der Waals surface area (Å²) in [4.78, 5) is 26.9. The Morgan fingerprint density at radius 3 is 2.71 bits per heavy atom. The third-order valence-electron chi connectivity index (χ3n) is 5.03. The lowest BCUT2D eigenvalue weighted by Crippen LogP contribution is -2.64. The van der Waals surface area contributed by atoms with Crippen LogP contribution < -0.4 is 10.1 Å². The van der Waals surface area contributed by atoms with Crippen molar-refractivity contribution in [2.45, 2.75) is 6.54 Å². The summed E-state index contributed by atoms with van der Waals surface area (Å²) in [5.74, 6) is -0.727. The maximum Gasteiger partial charge on any atom is 0.321 e. The van der Waals surface area contributed by atoms with E-state index < -0.39 is 23.2 Å². The van der Waals surface area contributed by atoms with Crippen LogP contribution in [0.15, 0.2) is 48.5 Å². The number of benzene rings is 2. The topological polar surface area (TPSA) is 122 Å². The molecule has 1 fully saturated rings. The van der Waals surface area contributed by atoms with E-state index in [-0.39, 0.29) is 25.5 Å². The zero-order valence-electron chi connectivity index (χ0n) is 16.5. The number of rotatable bonds is 6. The Balaban J connectivity index is 1.42. The predicted molar refractivity (Wildman–Crippen MR) is 107 cm³/mol. The van der Waals surface area contributed by atoms with Gasteiger partial charge in [0.15, 0.2) is 0 Å². The van der Waals surface area contributed by atoms with Gasteiger partial charge in [-0.2, -0.15) is 4.80 Å². The van der Waals surface area contributed by atoms with Crippen molar-refractivity contribution < 1.29 is 23.8 Å². The molecule has 160 valence electrons. The van der Waals surface area contributed by atoms with Crippen molar-refractivity contribution in [3.8, 4) is 17.1 Å². The van der Waals surface area contributed by atoms with Gasteiger partial charge in [-0.15, -0.1) is 10.2 Å². The Morgan fingerprint density at radius 1 is 1.23 bits per heavy atom. The molecule has 0 spiro atoms. The van der Waals surface area contributed by atoms with Crippen molar-refractivity contribution in [1.29, 1.82) is 0 Å². The van der Waals surface area contributed by atoms with E-state index in [4.69, 9.17) is 4.74 Å². The summed E-state index contributed by atoms with van der Waals surface area (Å²) in [6.07, 6.45) is 0. The summed E-state index contributed by atoms with van der Waals surface area (Å²) in [5, 5.41) is 24.4. The van der Waals surface area contributed by atoms with E-state index >= 15 is 0 Å².